The van der Waals surface area contributed by atoms with Crippen molar-refractivity contribution < 1.29 is 27.3 Å². The number of nitro benzene ring substituents is 1. The third-order valence-corrected chi connectivity index (χ3v) is 5.26. The Hall–Kier alpha value is -3.74. The SMILES string of the molecule is Cc1ccc([N+](=O)[O-])cc1-c1ccc(/C=C2\C(=N)N3N=C(C(F)(F)F)SC3=NC2=O)o1. The van der Waals surface area contributed by atoms with Crippen LogP contribution in [0.5, 0.6) is 0 Å². The van der Waals surface area contributed by atoms with E-state index >= 15 is 0 Å². The van der Waals surface area contributed by atoms with Crippen LogP contribution in [0.4, 0.5) is 18.9 Å². The first kappa shape index (κ1) is 20.5. The summed E-state index contributed by atoms with van der Waals surface area (Å²) in [5, 5.41) is 21.5. The molecule has 0 saturated heterocycles. The lowest BCUT2D eigenvalue weighted by atomic mass is 10.1. The van der Waals surface area contributed by atoms with Gasteiger partial charge in [-0.2, -0.15) is 28.3 Å². The molecule has 31 heavy (non-hydrogen) atoms. The minimum atomic E-state index is -4.73. The topological polar surface area (TPSA) is 125 Å². The zero-order chi connectivity index (χ0) is 22.5. The number of aryl methyl sites for hydroxylation is 1. The molecule has 0 radical (unpaired) electrons. The smallest absolute Gasteiger partial charge is 0.441 e. The number of halogens is 3. The van der Waals surface area contributed by atoms with Crippen molar-refractivity contribution in [2.24, 2.45) is 10.1 Å². The zero-order valence-electron chi connectivity index (χ0n) is 15.4. The minimum absolute atomic E-state index is 0.111. The average molecular weight is 449 g/mol. The molecule has 4 rings (SSSR count). The molecule has 0 bridgehead atoms. The minimum Gasteiger partial charge on any atom is -0.457 e. The lowest BCUT2D eigenvalue weighted by Crippen LogP contribution is -2.35. The van der Waals surface area contributed by atoms with E-state index in [-0.39, 0.29) is 39.7 Å². The Morgan fingerprint density at radius 2 is 2.03 bits per heavy atom. The number of nitro groups is 1. The Morgan fingerprint density at radius 1 is 1.29 bits per heavy atom. The van der Waals surface area contributed by atoms with Crippen LogP contribution in [0.15, 0.2) is 50.4 Å². The Morgan fingerprint density at radius 3 is 2.71 bits per heavy atom. The van der Waals surface area contributed by atoms with Crippen LogP contribution in [0.2, 0.25) is 0 Å². The molecule has 1 amide bonds. The van der Waals surface area contributed by atoms with E-state index in [4.69, 9.17) is 9.83 Å². The largest absolute Gasteiger partial charge is 0.457 e. The van der Waals surface area contributed by atoms with Crippen LogP contribution in [-0.2, 0) is 4.79 Å². The molecular weight excluding hydrogens is 439 g/mol. The second kappa shape index (κ2) is 7.19. The fourth-order valence-electron chi connectivity index (χ4n) is 2.81. The molecule has 0 unspecified atom stereocenters. The van der Waals surface area contributed by atoms with Gasteiger partial charge in [0.2, 0.25) is 10.2 Å². The molecule has 1 aromatic heterocycles. The third-order valence-electron chi connectivity index (χ3n) is 4.31. The second-order valence-corrected chi connectivity index (χ2v) is 7.34. The number of hydrogen-bond donors (Lipinski definition) is 1. The van der Waals surface area contributed by atoms with Crippen molar-refractivity contribution in [2.45, 2.75) is 13.1 Å². The van der Waals surface area contributed by atoms with E-state index in [1.807, 2.05) is 0 Å². The van der Waals surface area contributed by atoms with Gasteiger partial charge < -0.3 is 4.42 Å². The van der Waals surface area contributed by atoms with Gasteiger partial charge in [0.15, 0.2) is 5.84 Å². The Labute approximate surface area is 175 Å². The number of furan rings is 1. The highest BCUT2D eigenvalue weighted by Crippen LogP contribution is 2.36. The number of thioether (sulfide) groups is 1. The fourth-order valence-corrected chi connectivity index (χ4v) is 3.57. The van der Waals surface area contributed by atoms with Crippen LogP contribution in [0.3, 0.4) is 0 Å². The molecule has 0 atom stereocenters. The molecule has 9 nitrogen and oxygen atoms in total. The number of nitrogens with one attached hydrogen (secondary N) is 1. The molecule has 1 N–H and O–H groups in total. The number of rotatable bonds is 3. The molecule has 0 fully saturated rings. The van der Waals surface area contributed by atoms with Crippen molar-refractivity contribution >= 4 is 45.5 Å². The molecule has 0 saturated carbocycles. The number of hydrogen-bond acceptors (Lipinski definition) is 7. The van der Waals surface area contributed by atoms with E-state index in [1.165, 1.54) is 24.3 Å². The first-order valence-electron chi connectivity index (χ1n) is 8.47. The summed E-state index contributed by atoms with van der Waals surface area (Å²) in [5.41, 5.74) is 0.721. The summed E-state index contributed by atoms with van der Waals surface area (Å²) in [4.78, 5) is 26.3. The van der Waals surface area contributed by atoms with Gasteiger partial charge >= 0.3 is 6.18 Å². The standard InChI is InChI=1S/C18H10F3N5O4S/c1-8-2-3-9(26(28)29)6-11(8)13-5-4-10(30-13)7-12-14(22)25-17(23-15(12)27)31-16(24-25)18(19,20)21/h2-7,22H,1H3/b12-7+,22-14?. The van der Waals surface area contributed by atoms with Gasteiger partial charge in [0.25, 0.3) is 11.6 Å². The summed E-state index contributed by atoms with van der Waals surface area (Å²) in [7, 11) is 0. The van der Waals surface area contributed by atoms with Crippen LogP contribution < -0.4 is 0 Å². The molecule has 13 heteroatoms. The Balaban J connectivity index is 1.67. The molecule has 0 aliphatic carbocycles. The summed E-state index contributed by atoms with van der Waals surface area (Å²) in [6, 6.07) is 7.24. The van der Waals surface area contributed by atoms with Crippen molar-refractivity contribution in [1.82, 2.24) is 5.01 Å². The number of carbonyl (C=O) groups is 1. The van der Waals surface area contributed by atoms with Crippen LogP contribution in [0.25, 0.3) is 17.4 Å². The van der Waals surface area contributed by atoms with Crippen molar-refractivity contribution in [3.63, 3.8) is 0 Å². The summed E-state index contributed by atoms with van der Waals surface area (Å²) in [5.74, 6) is -1.10. The van der Waals surface area contributed by atoms with Gasteiger partial charge in [-0.15, -0.1) is 0 Å². The number of alkyl halides is 3. The molecule has 2 aliphatic heterocycles. The molecule has 2 aliphatic rings. The van der Waals surface area contributed by atoms with Crippen LogP contribution in [0, 0.1) is 22.4 Å². The second-order valence-electron chi connectivity index (χ2n) is 6.38. The number of nitrogens with zero attached hydrogens (tertiary/aromatic N) is 4. The normalized spacial score (nSPS) is 17.7. The van der Waals surface area contributed by atoms with E-state index < -0.39 is 27.9 Å². The quantitative estimate of drug-likeness (QED) is 0.422. The van der Waals surface area contributed by atoms with E-state index in [0.29, 0.717) is 16.1 Å². The van der Waals surface area contributed by atoms with Crippen molar-refractivity contribution in [3.05, 3.63) is 57.3 Å². The molecular formula is C18H10F3N5O4S. The maximum absolute atomic E-state index is 12.9. The molecule has 3 heterocycles. The number of benzene rings is 1. The van der Waals surface area contributed by atoms with Crippen LogP contribution in [0.1, 0.15) is 11.3 Å². The maximum atomic E-state index is 12.9. The molecule has 2 aromatic rings. The van der Waals surface area contributed by atoms with Gasteiger partial charge in [-0.1, -0.05) is 6.07 Å². The van der Waals surface area contributed by atoms with Crippen LogP contribution in [-0.4, -0.2) is 38.1 Å². The van der Waals surface area contributed by atoms with Gasteiger partial charge in [0, 0.05) is 17.7 Å². The Bertz CT molecular complexity index is 1250. The van der Waals surface area contributed by atoms with Crippen molar-refractivity contribution in [1.29, 1.82) is 5.41 Å². The van der Waals surface area contributed by atoms with Gasteiger partial charge in [-0.05, 0) is 42.5 Å². The molecule has 1 aromatic carbocycles. The van der Waals surface area contributed by atoms with E-state index in [9.17, 15) is 28.1 Å². The third kappa shape index (κ3) is 3.74. The average Bonchev–Trinajstić information content (AvgIpc) is 3.32. The Kier molecular flexibility index (Phi) is 4.76. The first-order valence-corrected chi connectivity index (χ1v) is 9.29. The number of hydrazone groups is 1. The summed E-state index contributed by atoms with van der Waals surface area (Å²) in [6.45, 7) is 1.73. The number of carbonyl (C=O) groups excluding carboxylic acids is 1. The number of amides is 1. The van der Waals surface area contributed by atoms with Crippen LogP contribution >= 0.6 is 11.8 Å². The monoisotopic (exact) mass is 449 g/mol. The summed E-state index contributed by atoms with van der Waals surface area (Å²) >= 11 is 0.158. The van der Waals surface area contributed by atoms with Gasteiger partial charge in [-0.25, -0.2) is 0 Å². The van der Waals surface area contributed by atoms with E-state index in [0.717, 1.165) is 6.08 Å². The highest BCUT2D eigenvalue weighted by atomic mass is 32.2. The fraction of sp³-hybridized carbons (Fsp3) is 0.111. The molecule has 0 spiro atoms. The molecule has 158 valence electrons. The summed E-state index contributed by atoms with van der Waals surface area (Å²) in [6.07, 6.45) is -3.57. The van der Waals surface area contributed by atoms with Crippen molar-refractivity contribution in [3.8, 4) is 11.3 Å². The summed E-state index contributed by atoms with van der Waals surface area (Å²) < 4.78 is 44.3. The van der Waals surface area contributed by atoms with Gasteiger partial charge in [-0.3, -0.25) is 20.3 Å². The van der Waals surface area contributed by atoms with Gasteiger partial charge in [0.05, 0.1) is 10.5 Å². The lowest BCUT2D eigenvalue weighted by Gasteiger charge is -2.19. The first-order chi connectivity index (χ1) is 14.5. The van der Waals surface area contributed by atoms with Crippen molar-refractivity contribution in [2.75, 3.05) is 0 Å². The van der Waals surface area contributed by atoms with Gasteiger partial charge in [0.1, 0.15) is 11.5 Å². The predicted molar refractivity (Wildman–Crippen MR) is 107 cm³/mol. The number of aliphatic imine (C=N–C) groups is 1. The number of non-ortho nitro benzene ring substituents is 1. The maximum Gasteiger partial charge on any atom is 0.441 e. The zero-order valence-corrected chi connectivity index (χ0v) is 16.2. The predicted octanol–water partition coefficient (Wildman–Crippen LogP) is 4.34. The van der Waals surface area contributed by atoms with E-state index in [2.05, 4.69) is 10.1 Å². The number of amidine groups is 2. The van der Waals surface area contributed by atoms with E-state index in [1.54, 1.807) is 13.0 Å². The highest BCUT2D eigenvalue weighted by molar-refractivity contribution is 8.27. The highest BCUT2D eigenvalue weighted by Gasteiger charge is 2.46. The number of fused-ring (bicyclic) bond motifs is 1. The lowest BCUT2D eigenvalue weighted by molar-refractivity contribution is -0.384.